The van der Waals surface area contributed by atoms with E-state index in [2.05, 4.69) is 36.1 Å². The molecule has 14 heavy (non-hydrogen) atoms. The maximum Gasteiger partial charge on any atom is 0.0229 e. The highest BCUT2D eigenvalue weighted by Crippen LogP contribution is 2.25. The topological polar surface area (TPSA) is 18.5 Å². The predicted octanol–water partition coefficient (Wildman–Crippen LogP) is 0.232. The minimum Gasteiger partial charge on any atom is -0.315 e. The number of likely N-dealkylation sites (tertiary alicyclic amines) is 1. The van der Waals surface area contributed by atoms with Crippen molar-refractivity contribution in [3.63, 3.8) is 0 Å². The van der Waals surface area contributed by atoms with Crippen LogP contribution in [0.2, 0.25) is 0 Å². The first kappa shape index (κ1) is 10.4. The minimum atomic E-state index is 0.557. The second-order valence-electron chi connectivity index (χ2n) is 5.56. The summed E-state index contributed by atoms with van der Waals surface area (Å²) < 4.78 is 0. The zero-order valence-electron chi connectivity index (χ0n) is 9.71. The maximum absolute atomic E-state index is 3.37. The van der Waals surface area contributed by atoms with Crippen LogP contribution >= 0.6 is 0 Å². The highest BCUT2D eigenvalue weighted by atomic mass is 15.2. The third-order valence-corrected chi connectivity index (χ3v) is 3.69. The predicted molar refractivity (Wildman–Crippen MR) is 59.5 cm³/mol. The molecule has 1 unspecified atom stereocenters. The fourth-order valence-electron chi connectivity index (χ4n) is 2.58. The molecule has 0 aromatic carbocycles. The summed E-state index contributed by atoms with van der Waals surface area (Å²) >= 11 is 0. The van der Waals surface area contributed by atoms with E-state index in [9.17, 15) is 0 Å². The largest absolute Gasteiger partial charge is 0.315 e. The molecule has 0 aromatic heterocycles. The van der Waals surface area contributed by atoms with E-state index in [0.29, 0.717) is 5.41 Å². The van der Waals surface area contributed by atoms with Gasteiger partial charge in [0.2, 0.25) is 0 Å². The number of rotatable bonds is 3. The Kier molecular flexibility index (Phi) is 2.82. The van der Waals surface area contributed by atoms with Gasteiger partial charge in [-0.2, -0.15) is 0 Å². The highest BCUT2D eigenvalue weighted by molar-refractivity contribution is 4.93. The van der Waals surface area contributed by atoms with Gasteiger partial charge in [0.05, 0.1) is 0 Å². The SMILES string of the molecule is CN(C)C1CCN(CC2(C)CNC2)C1. The Balaban J connectivity index is 1.78. The summed E-state index contributed by atoms with van der Waals surface area (Å²) in [5, 5.41) is 3.37. The molecule has 1 atom stereocenters. The molecule has 0 saturated carbocycles. The van der Waals surface area contributed by atoms with Crippen molar-refractivity contribution in [1.82, 2.24) is 15.1 Å². The average molecular weight is 197 g/mol. The van der Waals surface area contributed by atoms with E-state index in [1.165, 1.54) is 39.1 Å². The van der Waals surface area contributed by atoms with E-state index >= 15 is 0 Å². The van der Waals surface area contributed by atoms with Crippen LogP contribution in [0.15, 0.2) is 0 Å². The molecule has 2 rings (SSSR count). The number of nitrogens with zero attached hydrogens (tertiary/aromatic N) is 2. The van der Waals surface area contributed by atoms with Crippen LogP contribution in [0.4, 0.5) is 0 Å². The first-order valence-corrected chi connectivity index (χ1v) is 5.69. The Labute approximate surface area is 87.4 Å². The van der Waals surface area contributed by atoms with Gasteiger partial charge in [0.1, 0.15) is 0 Å². The minimum absolute atomic E-state index is 0.557. The van der Waals surface area contributed by atoms with Gasteiger partial charge in [0, 0.05) is 37.6 Å². The second-order valence-corrected chi connectivity index (χ2v) is 5.56. The van der Waals surface area contributed by atoms with E-state index in [1.807, 2.05) is 0 Å². The van der Waals surface area contributed by atoms with Crippen molar-refractivity contribution < 1.29 is 0 Å². The van der Waals surface area contributed by atoms with Crippen LogP contribution in [0.25, 0.3) is 0 Å². The normalized spacial score (nSPS) is 32.1. The molecular weight excluding hydrogens is 174 g/mol. The molecule has 0 bridgehead atoms. The zero-order chi connectivity index (χ0) is 10.2. The van der Waals surface area contributed by atoms with Crippen LogP contribution < -0.4 is 5.32 Å². The molecule has 3 nitrogen and oxygen atoms in total. The molecule has 0 aliphatic carbocycles. The van der Waals surface area contributed by atoms with Crippen LogP contribution in [0, 0.1) is 5.41 Å². The Hall–Kier alpha value is -0.120. The molecule has 0 spiro atoms. The monoisotopic (exact) mass is 197 g/mol. The first-order chi connectivity index (χ1) is 6.59. The Morgan fingerprint density at radius 1 is 1.43 bits per heavy atom. The lowest BCUT2D eigenvalue weighted by Gasteiger charge is -2.42. The number of hydrogen-bond donors (Lipinski definition) is 1. The lowest BCUT2D eigenvalue weighted by Crippen LogP contribution is -2.56. The molecular formula is C11H23N3. The van der Waals surface area contributed by atoms with Crippen LogP contribution in [0.1, 0.15) is 13.3 Å². The van der Waals surface area contributed by atoms with E-state index in [4.69, 9.17) is 0 Å². The summed E-state index contributed by atoms with van der Waals surface area (Å²) in [5.41, 5.74) is 0.557. The molecule has 2 aliphatic rings. The molecule has 2 heterocycles. The lowest BCUT2D eigenvalue weighted by atomic mass is 9.84. The van der Waals surface area contributed by atoms with Gasteiger partial charge in [-0.05, 0) is 27.1 Å². The Bertz CT molecular complexity index is 199. The van der Waals surface area contributed by atoms with Crippen LogP contribution in [0.5, 0.6) is 0 Å². The molecule has 2 aliphatic heterocycles. The first-order valence-electron chi connectivity index (χ1n) is 5.69. The Morgan fingerprint density at radius 2 is 2.14 bits per heavy atom. The third kappa shape index (κ3) is 2.10. The van der Waals surface area contributed by atoms with Crippen molar-refractivity contribution in [3.05, 3.63) is 0 Å². The van der Waals surface area contributed by atoms with E-state index in [1.54, 1.807) is 0 Å². The van der Waals surface area contributed by atoms with Crippen LogP contribution in [-0.4, -0.2) is 62.7 Å². The molecule has 1 N–H and O–H groups in total. The van der Waals surface area contributed by atoms with Crippen LogP contribution in [0.3, 0.4) is 0 Å². The van der Waals surface area contributed by atoms with Gasteiger partial charge < -0.3 is 15.1 Å². The second kappa shape index (κ2) is 3.80. The van der Waals surface area contributed by atoms with Gasteiger partial charge in [-0.15, -0.1) is 0 Å². The van der Waals surface area contributed by atoms with E-state index in [-0.39, 0.29) is 0 Å². The van der Waals surface area contributed by atoms with Crippen molar-refractivity contribution in [2.24, 2.45) is 5.41 Å². The van der Waals surface area contributed by atoms with Gasteiger partial charge in [0.15, 0.2) is 0 Å². The zero-order valence-corrected chi connectivity index (χ0v) is 9.71. The Morgan fingerprint density at radius 3 is 2.57 bits per heavy atom. The fraction of sp³-hybridized carbons (Fsp3) is 1.00. The molecule has 0 radical (unpaired) electrons. The fourth-order valence-corrected chi connectivity index (χ4v) is 2.58. The summed E-state index contributed by atoms with van der Waals surface area (Å²) in [7, 11) is 4.39. The number of hydrogen-bond acceptors (Lipinski definition) is 3. The third-order valence-electron chi connectivity index (χ3n) is 3.69. The van der Waals surface area contributed by atoms with Gasteiger partial charge in [-0.3, -0.25) is 0 Å². The standard InChI is InChI=1S/C11H23N3/c1-11(7-12-8-11)9-14-5-4-10(6-14)13(2)3/h10,12H,4-9H2,1-3H3. The summed E-state index contributed by atoms with van der Waals surface area (Å²) in [6.45, 7) is 8.64. The molecule has 2 fully saturated rings. The van der Waals surface area contributed by atoms with Crippen molar-refractivity contribution in [3.8, 4) is 0 Å². The molecule has 2 saturated heterocycles. The van der Waals surface area contributed by atoms with Gasteiger partial charge in [-0.25, -0.2) is 0 Å². The molecule has 0 amide bonds. The van der Waals surface area contributed by atoms with E-state index < -0.39 is 0 Å². The quantitative estimate of drug-likeness (QED) is 0.699. The maximum atomic E-state index is 3.37. The van der Waals surface area contributed by atoms with Crippen molar-refractivity contribution in [1.29, 1.82) is 0 Å². The number of nitrogens with one attached hydrogen (secondary N) is 1. The highest BCUT2D eigenvalue weighted by Gasteiger charge is 2.35. The summed E-state index contributed by atoms with van der Waals surface area (Å²) in [5.74, 6) is 0. The van der Waals surface area contributed by atoms with Crippen molar-refractivity contribution in [2.75, 3.05) is 46.8 Å². The van der Waals surface area contributed by atoms with Crippen molar-refractivity contribution >= 4 is 0 Å². The van der Waals surface area contributed by atoms with Gasteiger partial charge in [0.25, 0.3) is 0 Å². The molecule has 82 valence electrons. The van der Waals surface area contributed by atoms with E-state index in [0.717, 1.165) is 6.04 Å². The van der Waals surface area contributed by atoms with Gasteiger partial charge >= 0.3 is 0 Å². The summed E-state index contributed by atoms with van der Waals surface area (Å²) in [6.07, 6.45) is 1.34. The summed E-state index contributed by atoms with van der Waals surface area (Å²) in [4.78, 5) is 4.99. The molecule has 0 aromatic rings. The van der Waals surface area contributed by atoms with Crippen LogP contribution in [-0.2, 0) is 0 Å². The smallest absolute Gasteiger partial charge is 0.0229 e. The van der Waals surface area contributed by atoms with Crippen molar-refractivity contribution in [2.45, 2.75) is 19.4 Å². The number of likely N-dealkylation sites (N-methyl/N-ethyl adjacent to an activating group) is 1. The average Bonchev–Trinajstić information content (AvgIpc) is 2.50. The summed E-state index contributed by atoms with van der Waals surface area (Å²) in [6, 6.07) is 0.784. The lowest BCUT2D eigenvalue weighted by molar-refractivity contribution is 0.119. The molecule has 3 heteroatoms. The van der Waals surface area contributed by atoms with Gasteiger partial charge in [-0.1, -0.05) is 6.92 Å².